The lowest BCUT2D eigenvalue weighted by Crippen LogP contribution is -2.41. The number of fused-ring (bicyclic) bond motifs is 1. The number of amides is 2. The fourth-order valence-electron chi connectivity index (χ4n) is 2.47. The summed E-state index contributed by atoms with van der Waals surface area (Å²) in [6, 6.07) is 13.1. The number of hydrogen-bond acceptors (Lipinski definition) is 2. The highest BCUT2D eigenvalue weighted by atomic mass is 19.1. The SMILES string of the molecule is O=C1NC(=O)C(Cc2ccc(F)cc2)c2ccccc21. The zero-order valence-electron chi connectivity index (χ0n) is 10.6. The summed E-state index contributed by atoms with van der Waals surface area (Å²) in [6.45, 7) is 0. The van der Waals surface area contributed by atoms with Crippen LogP contribution in [0.3, 0.4) is 0 Å². The van der Waals surface area contributed by atoms with Crippen molar-refractivity contribution in [3.8, 4) is 0 Å². The minimum atomic E-state index is -0.422. The lowest BCUT2D eigenvalue weighted by molar-refractivity contribution is -0.121. The number of hydrogen-bond donors (Lipinski definition) is 1. The predicted molar refractivity (Wildman–Crippen MR) is 71.8 cm³/mol. The second-order valence-electron chi connectivity index (χ2n) is 4.79. The molecule has 2 aromatic carbocycles. The van der Waals surface area contributed by atoms with Crippen LogP contribution in [0.1, 0.15) is 27.4 Å². The van der Waals surface area contributed by atoms with Gasteiger partial charge in [0.1, 0.15) is 5.82 Å². The Morgan fingerprint density at radius 3 is 2.45 bits per heavy atom. The van der Waals surface area contributed by atoms with Crippen molar-refractivity contribution in [1.29, 1.82) is 0 Å². The molecule has 1 aliphatic rings. The van der Waals surface area contributed by atoms with Gasteiger partial charge in [-0.2, -0.15) is 0 Å². The molecule has 0 spiro atoms. The number of carbonyl (C=O) groups excluding carboxylic acids is 2. The molecule has 0 aliphatic carbocycles. The summed E-state index contributed by atoms with van der Waals surface area (Å²) in [4.78, 5) is 23.8. The van der Waals surface area contributed by atoms with E-state index in [9.17, 15) is 14.0 Å². The zero-order chi connectivity index (χ0) is 14.1. The van der Waals surface area contributed by atoms with Crippen LogP contribution in [0.4, 0.5) is 4.39 Å². The predicted octanol–water partition coefficient (Wildman–Crippen LogP) is 2.42. The first-order chi connectivity index (χ1) is 9.65. The Kier molecular flexibility index (Phi) is 3.06. The highest BCUT2D eigenvalue weighted by Gasteiger charge is 2.31. The van der Waals surface area contributed by atoms with E-state index in [1.807, 2.05) is 6.07 Å². The van der Waals surface area contributed by atoms with Crippen molar-refractivity contribution in [3.63, 3.8) is 0 Å². The first-order valence-corrected chi connectivity index (χ1v) is 6.34. The van der Waals surface area contributed by atoms with Crippen molar-refractivity contribution in [3.05, 3.63) is 71.0 Å². The minimum Gasteiger partial charge on any atom is -0.292 e. The molecule has 100 valence electrons. The lowest BCUT2D eigenvalue weighted by Gasteiger charge is -2.24. The van der Waals surface area contributed by atoms with Gasteiger partial charge in [-0.25, -0.2) is 4.39 Å². The van der Waals surface area contributed by atoms with Gasteiger partial charge in [0, 0.05) is 5.56 Å². The Morgan fingerprint density at radius 2 is 1.70 bits per heavy atom. The fourth-order valence-corrected chi connectivity index (χ4v) is 2.47. The lowest BCUT2D eigenvalue weighted by atomic mass is 9.85. The number of imide groups is 1. The van der Waals surface area contributed by atoms with E-state index in [-0.39, 0.29) is 17.6 Å². The maximum Gasteiger partial charge on any atom is 0.258 e. The quantitative estimate of drug-likeness (QED) is 0.851. The average Bonchev–Trinajstić information content (AvgIpc) is 2.45. The van der Waals surface area contributed by atoms with Crippen LogP contribution in [0.5, 0.6) is 0 Å². The zero-order valence-corrected chi connectivity index (χ0v) is 10.6. The Labute approximate surface area is 115 Å². The standard InChI is InChI=1S/C16H12FNO2/c17-11-7-5-10(6-8-11)9-14-12-3-1-2-4-13(12)15(19)18-16(14)20/h1-8,14H,9H2,(H,18,19,20). The van der Waals surface area contributed by atoms with Crippen LogP contribution >= 0.6 is 0 Å². The molecule has 2 amide bonds. The monoisotopic (exact) mass is 269 g/mol. The van der Waals surface area contributed by atoms with Gasteiger partial charge in [-0.1, -0.05) is 30.3 Å². The van der Waals surface area contributed by atoms with Crippen molar-refractivity contribution in [2.24, 2.45) is 0 Å². The van der Waals surface area contributed by atoms with E-state index in [4.69, 9.17) is 0 Å². The Bertz CT molecular complexity index is 679. The molecule has 0 bridgehead atoms. The first-order valence-electron chi connectivity index (χ1n) is 6.34. The van der Waals surface area contributed by atoms with Crippen LogP contribution in [0.15, 0.2) is 48.5 Å². The summed E-state index contributed by atoms with van der Waals surface area (Å²) >= 11 is 0. The van der Waals surface area contributed by atoms with Gasteiger partial charge in [-0.3, -0.25) is 14.9 Å². The Hall–Kier alpha value is -2.49. The molecule has 1 heterocycles. The molecule has 0 saturated carbocycles. The van der Waals surface area contributed by atoms with Crippen LogP contribution in [0.2, 0.25) is 0 Å². The molecule has 4 heteroatoms. The summed E-state index contributed by atoms with van der Waals surface area (Å²) in [5.41, 5.74) is 2.11. The largest absolute Gasteiger partial charge is 0.292 e. The van der Waals surface area contributed by atoms with E-state index in [2.05, 4.69) is 5.32 Å². The Morgan fingerprint density at radius 1 is 1.00 bits per heavy atom. The maximum absolute atomic E-state index is 12.9. The van der Waals surface area contributed by atoms with Crippen molar-refractivity contribution >= 4 is 11.8 Å². The summed E-state index contributed by atoms with van der Waals surface area (Å²) in [5.74, 6) is -1.40. The van der Waals surface area contributed by atoms with Gasteiger partial charge < -0.3 is 0 Å². The summed E-state index contributed by atoms with van der Waals surface area (Å²) in [7, 11) is 0. The normalized spacial score (nSPS) is 17.6. The van der Waals surface area contributed by atoms with Gasteiger partial charge in [0.25, 0.3) is 5.91 Å². The van der Waals surface area contributed by atoms with Gasteiger partial charge in [-0.05, 0) is 35.7 Å². The smallest absolute Gasteiger partial charge is 0.258 e. The van der Waals surface area contributed by atoms with Gasteiger partial charge in [0.05, 0.1) is 5.92 Å². The Balaban J connectivity index is 1.96. The molecular weight excluding hydrogens is 257 g/mol. The van der Waals surface area contributed by atoms with Gasteiger partial charge in [0.2, 0.25) is 5.91 Å². The molecule has 20 heavy (non-hydrogen) atoms. The van der Waals surface area contributed by atoms with Crippen LogP contribution in [-0.4, -0.2) is 11.8 Å². The average molecular weight is 269 g/mol. The van der Waals surface area contributed by atoms with Crippen molar-refractivity contribution in [1.82, 2.24) is 5.32 Å². The highest BCUT2D eigenvalue weighted by Crippen LogP contribution is 2.28. The molecule has 0 aromatic heterocycles. The molecule has 2 aromatic rings. The number of rotatable bonds is 2. The van der Waals surface area contributed by atoms with E-state index < -0.39 is 5.92 Å². The minimum absolute atomic E-state index is 0.307. The maximum atomic E-state index is 12.9. The van der Waals surface area contributed by atoms with Gasteiger partial charge in [-0.15, -0.1) is 0 Å². The molecule has 0 fully saturated rings. The molecule has 1 aliphatic heterocycles. The number of carbonyl (C=O) groups is 2. The third-order valence-corrected chi connectivity index (χ3v) is 3.49. The number of halogens is 1. The van der Waals surface area contributed by atoms with Crippen LogP contribution in [0.25, 0.3) is 0 Å². The molecule has 1 N–H and O–H groups in total. The van der Waals surface area contributed by atoms with E-state index in [1.165, 1.54) is 12.1 Å². The van der Waals surface area contributed by atoms with E-state index in [0.29, 0.717) is 12.0 Å². The molecule has 1 unspecified atom stereocenters. The second-order valence-corrected chi connectivity index (χ2v) is 4.79. The third kappa shape index (κ3) is 2.20. The molecular formula is C16H12FNO2. The highest BCUT2D eigenvalue weighted by molar-refractivity contribution is 6.11. The second kappa shape index (κ2) is 4.89. The summed E-state index contributed by atoms with van der Waals surface area (Å²) in [6.07, 6.45) is 0.441. The topological polar surface area (TPSA) is 46.2 Å². The van der Waals surface area contributed by atoms with E-state index >= 15 is 0 Å². The number of nitrogens with one attached hydrogen (secondary N) is 1. The molecule has 3 nitrogen and oxygen atoms in total. The molecule has 1 atom stereocenters. The van der Waals surface area contributed by atoms with E-state index in [1.54, 1.807) is 30.3 Å². The molecule has 3 rings (SSSR count). The van der Waals surface area contributed by atoms with Crippen LogP contribution in [0, 0.1) is 5.82 Å². The fraction of sp³-hybridized carbons (Fsp3) is 0.125. The van der Waals surface area contributed by atoms with Crippen molar-refractivity contribution in [2.75, 3.05) is 0 Å². The summed E-state index contributed by atoms with van der Waals surface area (Å²) < 4.78 is 12.9. The molecule has 0 saturated heterocycles. The van der Waals surface area contributed by atoms with Gasteiger partial charge >= 0.3 is 0 Å². The first kappa shape index (κ1) is 12.5. The van der Waals surface area contributed by atoms with E-state index in [0.717, 1.165) is 11.1 Å². The number of benzene rings is 2. The third-order valence-electron chi connectivity index (χ3n) is 3.49. The molecule has 0 radical (unpaired) electrons. The summed E-state index contributed by atoms with van der Waals surface area (Å²) in [5, 5.41) is 2.37. The van der Waals surface area contributed by atoms with Crippen molar-refractivity contribution < 1.29 is 14.0 Å². The van der Waals surface area contributed by atoms with Crippen LogP contribution < -0.4 is 5.32 Å². The van der Waals surface area contributed by atoms with Gasteiger partial charge in [0.15, 0.2) is 0 Å². The van der Waals surface area contributed by atoms with Crippen molar-refractivity contribution in [2.45, 2.75) is 12.3 Å². The van der Waals surface area contributed by atoms with Crippen LogP contribution in [-0.2, 0) is 11.2 Å².